The van der Waals surface area contributed by atoms with Crippen molar-refractivity contribution in [3.63, 3.8) is 0 Å². The van der Waals surface area contributed by atoms with Gasteiger partial charge in [0.25, 0.3) is 0 Å². The van der Waals surface area contributed by atoms with Gasteiger partial charge in [-0.1, -0.05) is 30.3 Å². The molecule has 0 bridgehead atoms. The van der Waals surface area contributed by atoms with E-state index < -0.39 is 106 Å². The lowest BCUT2D eigenvalue weighted by Gasteiger charge is -2.48. The van der Waals surface area contributed by atoms with Crippen LogP contribution in [0.4, 0.5) is 0 Å². The van der Waals surface area contributed by atoms with Crippen LogP contribution >= 0.6 is 0 Å². The molecule has 15 heteroatoms. The summed E-state index contributed by atoms with van der Waals surface area (Å²) in [5, 5.41) is 91.5. The molecular weight excluding hydrogens is 528 g/mol. The van der Waals surface area contributed by atoms with Crippen LogP contribution in [0.3, 0.4) is 0 Å². The fourth-order valence-corrected chi connectivity index (χ4v) is 4.62. The number of aliphatic hydroxyl groups excluding tert-OH is 9. The van der Waals surface area contributed by atoms with E-state index in [-0.39, 0.29) is 6.61 Å². The lowest BCUT2D eigenvalue weighted by molar-refractivity contribution is -0.387. The fourth-order valence-electron chi connectivity index (χ4n) is 4.62. The zero-order valence-corrected chi connectivity index (χ0v) is 20.8. The lowest BCUT2D eigenvalue weighted by atomic mass is 9.96. The first-order chi connectivity index (χ1) is 18.7. The minimum absolute atomic E-state index is 0.0260. The largest absolute Gasteiger partial charge is 0.394 e. The van der Waals surface area contributed by atoms with Gasteiger partial charge >= 0.3 is 0 Å². The number of rotatable bonds is 9. The van der Waals surface area contributed by atoms with Gasteiger partial charge in [0.15, 0.2) is 18.9 Å². The second-order valence-electron chi connectivity index (χ2n) is 9.66. The number of ether oxygens (including phenoxy) is 6. The molecule has 14 unspecified atom stereocenters. The van der Waals surface area contributed by atoms with Crippen molar-refractivity contribution in [1.29, 1.82) is 0 Å². The van der Waals surface area contributed by atoms with Crippen molar-refractivity contribution < 1.29 is 74.4 Å². The molecule has 3 fully saturated rings. The molecule has 39 heavy (non-hydrogen) atoms. The van der Waals surface area contributed by atoms with Crippen LogP contribution in [-0.2, 0) is 35.0 Å². The Morgan fingerprint density at radius 3 is 1.90 bits per heavy atom. The molecular formula is C24H36O15. The van der Waals surface area contributed by atoms with E-state index in [9.17, 15) is 46.0 Å². The molecule has 3 saturated heterocycles. The zero-order chi connectivity index (χ0) is 28.3. The Kier molecular flexibility index (Phi) is 10.6. The van der Waals surface area contributed by atoms with Crippen molar-refractivity contribution in [2.24, 2.45) is 0 Å². The summed E-state index contributed by atoms with van der Waals surface area (Å²) in [4.78, 5) is 0. The lowest BCUT2D eigenvalue weighted by Crippen LogP contribution is -2.66. The molecule has 0 amide bonds. The van der Waals surface area contributed by atoms with Crippen LogP contribution in [0, 0.1) is 0 Å². The molecule has 222 valence electrons. The van der Waals surface area contributed by atoms with Crippen LogP contribution in [0.25, 0.3) is 0 Å². The van der Waals surface area contributed by atoms with Crippen LogP contribution in [0.15, 0.2) is 30.3 Å². The Morgan fingerprint density at radius 1 is 0.641 bits per heavy atom. The SMILES string of the molecule is OCC1OC(OC2C(O)C(CO)OC(OCc3ccccc3)C2OC2OCC(O)C(O)C2O)C(O)C(O)C1O. The van der Waals surface area contributed by atoms with Crippen molar-refractivity contribution in [2.75, 3.05) is 19.8 Å². The molecule has 15 nitrogen and oxygen atoms in total. The van der Waals surface area contributed by atoms with Crippen molar-refractivity contribution in [2.45, 2.75) is 92.6 Å². The summed E-state index contributed by atoms with van der Waals surface area (Å²) < 4.78 is 34.0. The standard InChI is InChI=1S/C24H36O15/c25-6-12-15(29)17(31)19(33)23(36-12)38-20-16(30)13(7-26)37-24(34-8-10-4-2-1-3-5-10)21(20)39-22-18(32)14(28)11(27)9-35-22/h1-5,11-33H,6-9H2. The van der Waals surface area contributed by atoms with Crippen molar-refractivity contribution in [3.05, 3.63) is 35.9 Å². The molecule has 3 heterocycles. The molecule has 1 aromatic rings. The normalized spacial score (nSPS) is 45.3. The van der Waals surface area contributed by atoms with E-state index in [1.807, 2.05) is 0 Å². The van der Waals surface area contributed by atoms with E-state index >= 15 is 0 Å². The van der Waals surface area contributed by atoms with E-state index in [1.165, 1.54) is 0 Å². The molecule has 0 radical (unpaired) electrons. The van der Waals surface area contributed by atoms with Crippen molar-refractivity contribution >= 4 is 0 Å². The molecule has 3 aliphatic rings. The molecule has 9 N–H and O–H groups in total. The minimum Gasteiger partial charge on any atom is -0.394 e. The Labute approximate surface area is 223 Å². The summed E-state index contributed by atoms with van der Waals surface area (Å²) in [7, 11) is 0. The van der Waals surface area contributed by atoms with Gasteiger partial charge in [0, 0.05) is 0 Å². The molecule has 1 aromatic carbocycles. The number of benzene rings is 1. The third-order valence-corrected chi connectivity index (χ3v) is 6.94. The van der Waals surface area contributed by atoms with Crippen LogP contribution in [0.1, 0.15) is 5.56 Å². The third kappa shape index (κ3) is 6.75. The van der Waals surface area contributed by atoms with E-state index in [0.29, 0.717) is 0 Å². The average molecular weight is 565 g/mol. The quantitative estimate of drug-likeness (QED) is 0.137. The second-order valence-corrected chi connectivity index (χ2v) is 9.66. The van der Waals surface area contributed by atoms with Gasteiger partial charge in [0.2, 0.25) is 0 Å². The first kappa shape index (κ1) is 30.6. The van der Waals surface area contributed by atoms with Gasteiger partial charge in [-0.3, -0.25) is 0 Å². The van der Waals surface area contributed by atoms with Gasteiger partial charge in [0.1, 0.15) is 67.1 Å². The molecule has 3 aliphatic heterocycles. The molecule has 0 saturated carbocycles. The number of hydrogen-bond donors (Lipinski definition) is 9. The average Bonchev–Trinajstić information content (AvgIpc) is 2.95. The van der Waals surface area contributed by atoms with Gasteiger partial charge in [-0.2, -0.15) is 0 Å². The summed E-state index contributed by atoms with van der Waals surface area (Å²) in [5.41, 5.74) is 0.727. The van der Waals surface area contributed by atoms with E-state index in [0.717, 1.165) is 5.56 Å². The van der Waals surface area contributed by atoms with Crippen LogP contribution in [0.2, 0.25) is 0 Å². The summed E-state index contributed by atoms with van der Waals surface area (Å²) >= 11 is 0. The number of hydrogen-bond acceptors (Lipinski definition) is 15. The van der Waals surface area contributed by atoms with Gasteiger partial charge in [-0.05, 0) is 5.56 Å². The predicted octanol–water partition coefficient (Wildman–Crippen LogP) is -4.71. The summed E-state index contributed by atoms with van der Waals surface area (Å²) in [6, 6.07) is 8.89. The third-order valence-electron chi connectivity index (χ3n) is 6.94. The topological polar surface area (TPSA) is 237 Å². The first-order valence-corrected chi connectivity index (χ1v) is 12.5. The van der Waals surface area contributed by atoms with Crippen LogP contribution < -0.4 is 0 Å². The van der Waals surface area contributed by atoms with E-state index in [4.69, 9.17) is 28.4 Å². The summed E-state index contributed by atoms with van der Waals surface area (Å²) in [5.74, 6) is 0. The Morgan fingerprint density at radius 2 is 1.23 bits per heavy atom. The molecule has 0 aliphatic carbocycles. The Balaban J connectivity index is 1.61. The highest BCUT2D eigenvalue weighted by molar-refractivity contribution is 5.13. The Hall–Kier alpha value is -1.38. The minimum atomic E-state index is -1.83. The maximum atomic E-state index is 11.0. The molecule has 4 rings (SSSR count). The highest BCUT2D eigenvalue weighted by Gasteiger charge is 2.53. The van der Waals surface area contributed by atoms with Crippen LogP contribution in [-0.4, -0.2) is 152 Å². The van der Waals surface area contributed by atoms with Gasteiger partial charge in [-0.25, -0.2) is 0 Å². The van der Waals surface area contributed by atoms with Crippen molar-refractivity contribution in [3.8, 4) is 0 Å². The van der Waals surface area contributed by atoms with E-state index in [1.54, 1.807) is 30.3 Å². The maximum Gasteiger partial charge on any atom is 0.187 e. The summed E-state index contributed by atoms with van der Waals surface area (Å²) in [6.45, 7) is -1.85. The predicted molar refractivity (Wildman–Crippen MR) is 124 cm³/mol. The monoisotopic (exact) mass is 564 g/mol. The number of aliphatic hydroxyl groups is 9. The Bertz CT molecular complexity index is 876. The second kappa shape index (κ2) is 13.5. The smallest absolute Gasteiger partial charge is 0.187 e. The van der Waals surface area contributed by atoms with Crippen LogP contribution in [0.5, 0.6) is 0 Å². The molecule has 0 spiro atoms. The molecule has 0 aromatic heterocycles. The van der Waals surface area contributed by atoms with Crippen molar-refractivity contribution in [1.82, 2.24) is 0 Å². The fraction of sp³-hybridized carbons (Fsp3) is 0.750. The maximum absolute atomic E-state index is 11.0. The highest BCUT2D eigenvalue weighted by Crippen LogP contribution is 2.33. The highest BCUT2D eigenvalue weighted by atomic mass is 16.8. The first-order valence-electron chi connectivity index (χ1n) is 12.5. The molecule has 14 atom stereocenters. The zero-order valence-electron chi connectivity index (χ0n) is 20.8. The van der Waals surface area contributed by atoms with E-state index in [2.05, 4.69) is 0 Å². The van der Waals surface area contributed by atoms with Gasteiger partial charge < -0.3 is 74.4 Å². The van der Waals surface area contributed by atoms with Gasteiger partial charge in [0.05, 0.1) is 26.4 Å². The van der Waals surface area contributed by atoms with Gasteiger partial charge in [-0.15, -0.1) is 0 Å². The summed E-state index contributed by atoms with van der Waals surface area (Å²) in [6.07, 6.45) is -21.9.